The normalized spacial score (nSPS) is 19.8. The Morgan fingerprint density at radius 2 is 2.05 bits per heavy atom. The van der Waals surface area contributed by atoms with Crippen LogP contribution in [0.25, 0.3) is 0 Å². The van der Waals surface area contributed by atoms with E-state index in [9.17, 15) is 9.18 Å². The van der Waals surface area contributed by atoms with Gasteiger partial charge < -0.3 is 15.0 Å². The van der Waals surface area contributed by atoms with Crippen molar-refractivity contribution in [2.24, 2.45) is 0 Å². The predicted molar refractivity (Wildman–Crippen MR) is 75.2 cm³/mol. The van der Waals surface area contributed by atoms with Crippen molar-refractivity contribution in [3.63, 3.8) is 0 Å². The summed E-state index contributed by atoms with van der Waals surface area (Å²) in [6.45, 7) is 7.68. The average molecular weight is 280 g/mol. The first kappa shape index (κ1) is 14.8. The highest BCUT2D eigenvalue weighted by atomic mass is 19.1. The number of nitrogens with one attached hydrogen (secondary N) is 1. The largest absolute Gasteiger partial charge is 0.478 e. The summed E-state index contributed by atoms with van der Waals surface area (Å²) in [4.78, 5) is 14.3. The van der Waals surface area contributed by atoms with Gasteiger partial charge in [0.15, 0.2) is 5.60 Å². The maximum Gasteiger partial charge on any atom is 0.266 e. The van der Waals surface area contributed by atoms with E-state index in [-0.39, 0.29) is 17.8 Å². The lowest BCUT2D eigenvalue weighted by molar-refractivity contribution is -0.146. The van der Waals surface area contributed by atoms with Crippen molar-refractivity contribution in [1.29, 1.82) is 0 Å². The van der Waals surface area contributed by atoms with Gasteiger partial charge in [0.05, 0.1) is 0 Å². The number of rotatable bonds is 3. The fourth-order valence-corrected chi connectivity index (χ4v) is 2.34. The van der Waals surface area contributed by atoms with Gasteiger partial charge in [0.2, 0.25) is 0 Å². The molecular weight excluding hydrogens is 259 g/mol. The summed E-state index contributed by atoms with van der Waals surface area (Å²) in [5.74, 6) is 0.125. The van der Waals surface area contributed by atoms with Crippen molar-refractivity contribution >= 4 is 5.91 Å². The van der Waals surface area contributed by atoms with E-state index in [1.54, 1.807) is 13.8 Å². The SMILES string of the molecule is C[C@@H]1CN(C(=O)C(C)(C)Oc2ccc(F)cc2)CCN1. The summed E-state index contributed by atoms with van der Waals surface area (Å²) in [6, 6.07) is 6.00. The summed E-state index contributed by atoms with van der Waals surface area (Å²) in [7, 11) is 0. The Balaban J connectivity index is 2.04. The molecule has 1 aliphatic heterocycles. The third-order valence-electron chi connectivity index (χ3n) is 3.36. The lowest BCUT2D eigenvalue weighted by Gasteiger charge is -2.37. The van der Waals surface area contributed by atoms with Gasteiger partial charge in [-0.15, -0.1) is 0 Å². The number of ether oxygens (including phenoxy) is 1. The summed E-state index contributed by atoms with van der Waals surface area (Å²) in [5.41, 5.74) is -0.963. The third kappa shape index (κ3) is 3.48. The van der Waals surface area contributed by atoms with Gasteiger partial charge in [0.25, 0.3) is 5.91 Å². The molecule has 110 valence electrons. The number of halogens is 1. The molecule has 0 unspecified atom stereocenters. The van der Waals surface area contributed by atoms with E-state index in [0.717, 1.165) is 6.54 Å². The van der Waals surface area contributed by atoms with Crippen LogP contribution in [-0.4, -0.2) is 42.1 Å². The van der Waals surface area contributed by atoms with Crippen LogP contribution in [0, 0.1) is 5.82 Å². The van der Waals surface area contributed by atoms with Crippen LogP contribution in [0.2, 0.25) is 0 Å². The molecule has 0 bridgehead atoms. The van der Waals surface area contributed by atoms with Crippen molar-refractivity contribution in [1.82, 2.24) is 10.2 Å². The molecule has 1 atom stereocenters. The Kier molecular flexibility index (Phi) is 4.28. The second-order valence-electron chi connectivity index (χ2n) is 5.67. The van der Waals surface area contributed by atoms with E-state index in [4.69, 9.17) is 4.74 Å². The molecule has 4 nitrogen and oxygen atoms in total. The molecule has 5 heteroatoms. The predicted octanol–water partition coefficient (Wildman–Crippen LogP) is 1.80. The number of benzene rings is 1. The topological polar surface area (TPSA) is 41.6 Å². The Morgan fingerprint density at radius 3 is 2.65 bits per heavy atom. The van der Waals surface area contributed by atoms with E-state index in [0.29, 0.717) is 18.8 Å². The number of carbonyl (C=O) groups is 1. The number of hydrogen-bond donors (Lipinski definition) is 1. The first-order valence-electron chi connectivity index (χ1n) is 6.86. The van der Waals surface area contributed by atoms with Crippen molar-refractivity contribution in [3.05, 3.63) is 30.1 Å². The van der Waals surface area contributed by atoms with Crippen LogP contribution >= 0.6 is 0 Å². The molecular formula is C15H21FN2O2. The fourth-order valence-electron chi connectivity index (χ4n) is 2.34. The zero-order valence-corrected chi connectivity index (χ0v) is 12.1. The van der Waals surface area contributed by atoms with Gasteiger partial charge in [-0.25, -0.2) is 4.39 Å². The second kappa shape index (κ2) is 5.79. The van der Waals surface area contributed by atoms with Crippen LogP contribution in [0.3, 0.4) is 0 Å². The summed E-state index contributed by atoms with van der Waals surface area (Å²) >= 11 is 0. The van der Waals surface area contributed by atoms with Crippen molar-refractivity contribution in [2.45, 2.75) is 32.4 Å². The minimum Gasteiger partial charge on any atom is -0.478 e. The molecule has 1 N–H and O–H groups in total. The van der Waals surface area contributed by atoms with Gasteiger partial charge in [-0.2, -0.15) is 0 Å². The van der Waals surface area contributed by atoms with Crippen LogP contribution in [0.5, 0.6) is 5.75 Å². The summed E-state index contributed by atoms with van der Waals surface area (Å²) < 4.78 is 18.6. The number of hydrogen-bond acceptors (Lipinski definition) is 3. The monoisotopic (exact) mass is 280 g/mol. The van der Waals surface area contributed by atoms with Gasteiger partial charge in [-0.3, -0.25) is 4.79 Å². The van der Waals surface area contributed by atoms with Gasteiger partial charge >= 0.3 is 0 Å². The molecule has 20 heavy (non-hydrogen) atoms. The van der Waals surface area contributed by atoms with Crippen LogP contribution in [0.4, 0.5) is 4.39 Å². The molecule has 1 amide bonds. The Bertz CT molecular complexity index is 473. The number of carbonyl (C=O) groups excluding carboxylic acids is 1. The number of amides is 1. The molecule has 0 aromatic heterocycles. The van der Waals surface area contributed by atoms with E-state index in [1.807, 2.05) is 11.8 Å². The van der Waals surface area contributed by atoms with Gasteiger partial charge in [0, 0.05) is 25.7 Å². The molecule has 1 saturated heterocycles. The zero-order chi connectivity index (χ0) is 14.8. The molecule has 1 aromatic rings. The highest BCUT2D eigenvalue weighted by molar-refractivity contribution is 5.85. The maximum absolute atomic E-state index is 12.9. The van der Waals surface area contributed by atoms with E-state index in [2.05, 4.69) is 5.32 Å². The number of nitrogens with zero attached hydrogens (tertiary/aromatic N) is 1. The van der Waals surface area contributed by atoms with Gasteiger partial charge in [-0.05, 0) is 45.0 Å². The van der Waals surface area contributed by atoms with Crippen LogP contribution in [0.1, 0.15) is 20.8 Å². The van der Waals surface area contributed by atoms with Crippen LogP contribution < -0.4 is 10.1 Å². The average Bonchev–Trinajstić information content (AvgIpc) is 2.40. The standard InChI is InChI=1S/C15H21FN2O2/c1-11-10-18(9-8-17-11)14(19)15(2,3)20-13-6-4-12(16)5-7-13/h4-7,11,17H,8-10H2,1-3H3/t11-/m1/s1. The Hall–Kier alpha value is -1.62. The first-order valence-corrected chi connectivity index (χ1v) is 6.86. The van der Waals surface area contributed by atoms with Crippen molar-refractivity contribution in [3.8, 4) is 5.75 Å². The molecule has 0 saturated carbocycles. The Labute approximate surface area is 118 Å². The fraction of sp³-hybridized carbons (Fsp3) is 0.533. The molecule has 1 fully saturated rings. The second-order valence-corrected chi connectivity index (χ2v) is 5.67. The van der Waals surface area contributed by atoms with Crippen molar-refractivity contribution < 1.29 is 13.9 Å². The molecule has 1 aliphatic rings. The maximum atomic E-state index is 12.9. The van der Waals surface area contributed by atoms with E-state index in [1.165, 1.54) is 24.3 Å². The molecule has 0 aliphatic carbocycles. The molecule has 0 spiro atoms. The number of piperazine rings is 1. The smallest absolute Gasteiger partial charge is 0.266 e. The molecule has 1 aromatic carbocycles. The van der Waals surface area contributed by atoms with Crippen LogP contribution in [-0.2, 0) is 4.79 Å². The minimum atomic E-state index is -0.963. The highest BCUT2D eigenvalue weighted by Crippen LogP contribution is 2.21. The lowest BCUT2D eigenvalue weighted by Crippen LogP contribution is -2.57. The van der Waals surface area contributed by atoms with Crippen LogP contribution in [0.15, 0.2) is 24.3 Å². The van der Waals surface area contributed by atoms with Gasteiger partial charge in [0.1, 0.15) is 11.6 Å². The van der Waals surface area contributed by atoms with E-state index < -0.39 is 5.60 Å². The highest BCUT2D eigenvalue weighted by Gasteiger charge is 2.35. The zero-order valence-electron chi connectivity index (χ0n) is 12.1. The Morgan fingerprint density at radius 1 is 1.40 bits per heavy atom. The quantitative estimate of drug-likeness (QED) is 0.918. The lowest BCUT2D eigenvalue weighted by atomic mass is 10.1. The van der Waals surface area contributed by atoms with E-state index >= 15 is 0 Å². The molecule has 2 rings (SSSR count). The third-order valence-corrected chi connectivity index (χ3v) is 3.36. The minimum absolute atomic E-state index is 0.0461. The molecule has 1 heterocycles. The first-order chi connectivity index (χ1) is 9.38. The van der Waals surface area contributed by atoms with Gasteiger partial charge in [-0.1, -0.05) is 0 Å². The molecule has 0 radical (unpaired) electrons. The van der Waals surface area contributed by atoms with Crippen molar-refractivity contribution in [2.75, 3.05) is 19.6 Å². The summed E-state index contributed by atoms with van der Waals surface area (Å²) in [6.07, 6.45) is 0. The summed E-state index contributed by atoms with van der Waals surface area (Å²) in [5, 5.41) is 3.30.